The largest absolute Gasteiger partial charge is 0.508 e. The van der Waals surface area contributed by atoms with Crippen LogP contribution in [-0.4, -0.2) is 35.5 Å². The molecule has 2 fully saturated rings. The van der Waals surface area contributed by atoms with E-state index in [1.165, 1.54) is 17.7 Å². The van der Waals surface area contributed by atoms with Crippen LogP contribution in [-0.2, 0) is 4.79 Å². The number of likely N-dealkylation sites (tertiary alicyclic amines) is 1. The summed E-state index contributed by atoms with van der Waals surface area (Å²) in [6.45, 7) is 2.03. The summed E-state index contributed by atoms with van der Waals surface area (Å²) in [6.07, 6.45) is 1.84. The molecule has 0 radical (unpaired) electrons. The number of carbonyl (C=O) groups excluding carboxylic acids is 1. The highest BCUT2D eigenvalue weighted by atomic mass is 19.1. The number of rotatable bonds is 3. The number of aromatic hydroxyl groups is 1. The monoisotopic (exact) mass is 369 g/mol. The highest BCUT2D eigenvalue weighted by Crippen LogP contribution is 2.32. The minimum Gasteiger partial charge on any atom is -0.508 e. The van der Waals surface area contributed by atoms with Crippen molar-refractivity contribution in [3.8, 4) is 5.75 Å². The van der Waals surface area contributed by atoms with E-state index in [9.17, 15) is 14.3 Å². The third-order valence-corrected chi connectivity index (χ3v) is 5.70. The molecule has 2 aromatic carbocycles. The maximum Gasteiger partial charge on any atom is 0.229 e. The molecule has 2 unspecified atom stereocenters. The number of hydrazine groups is 1. The van der Waals surface area contributed by atoms with E-state index in [4.69, 9.17) is 0 Å². The van der Waals surface area contributed by atoms with Gasteiger partial charge in [-0.1, -0.05) is 24.3 Å². The van der Waals surface area contributed by atoms with Gasteiger partial charge in [0.05, 0.1) is 12.0 Å². The van der Waals surface area contributed by atoms with Crippen LogP contribution in [0.5, 0.6) is 5.75 Å². The lowest BCUT2D eigenvalue weighted by molar-refractivity contribution is -0.136. The van der Waals surface area contributed by atoms with Crippen molar-refractivity contribution in [1.82, 2.24) is 15.8 Å². The number of hydrogen-bond acceptors (Lipinski definition) is 4. The average molecular weight is 369 g/mol. The number of nitrogens with one attached hydrogen (secondary N) is 2. The summed E-state index contributed by atoms with van der Waals surface area (Å²) in [5, 5.41) is 9.44. The molecule has 1 amide bonds. The molecule has 2 aliphatic heterocycles. The third-order valence-electron chi connectivity index (χ3n) is 5.70. The van der Waals surface area contributed by atoms with E-state index in [1.807, 2.05) is 17.0 Å². The number of benzene rings is 2. The number of halogens is 1. The van der Waals surface area contributed by atoms with Crippen molar-refractivity contribution < 1.29 is 14.3 Å². The molecule has 5 nitrogen and oxygen atoms in total. The second kappa shape index (κ2) is 7.66. The van der Waals surface area contributed by atoms with Crippen LogP contribution in [0.15, 0.2) is 48.5 Å². The van der Waals surface area contributed by atoms with Crippen molar-refractivity contribution >= 4 is 5.91 Å². The van der Waals surface area contributed by atoms with E-state index in [1.54, 1.807) is 24.3 Å². The predicted octanol–water partition coefficient (Wildman–Crippen LogP) is 2.70. The van der Waals surface area contributed by atoms with Gasteiger partial charge in [0.1, 0.15) is 11.6 Å². The maximum atomic E-state index is 13.2. The minimum atomic E-state index is -0.274. The fourth-order valence-corrected chi connectivity index (χ4v) is 4.13. The molecule has 27 heavy (non-hydrogen) atoms. The number of phenols is 1. The molecule has 6 heteroatoms. The van der Waals surface area contributed by atoms with E-state index in [2.05, 4.69) is 10.9 Å². The van der Waals surface area contributed by atoms with Crippen molar-refractivity contribution in [2.45, 2.75) is 24.8 Å². The second-order valence-electron chi connectivity index (χ2n) is 7.35. The van der Waals surface area contributed by atoms with Crippen molar-refractivity contribution in [2.24, 2.45) is 5.92 Å². The molecule has 4 rings (SSSR count). The Morgan fingerprint density at radius 3 is 2.30 bits per heavy atom. The minimum absolute atomic E-state index is 0.144. The maximum absolute atomic E-state index is 13.2. The average Bonchev–Trinajstić information content (AvgIpc) is 3.18. The molecule has 2 saturated heterocycles. The van der Waals surface area contributed by atoms with Gasteiger partial charge in [-0.2, -0.15) is 0 Å². The first kappa shape index (κ1) is 17.9. The van der Waals surface area contributed by atoms with Crippen LogP contribution >= 0.6 is 0 Å². The van der Waals surface area contributed by atoms with Gasteiger partial charge in [0, 0.05) is 19.6 Å². The van der Waals surface area contributed by atoms with Gasteiger partial charge in [0.2, 0.25) is 5.91 Å². The summed E-state index contributed by atoms with van der Waals surface area (Å²) in [4.78, 5) is 15.0. The van der Waals surface area contributed by atoms with Gasteiger partial charge < -0.3 is 10.0 Å². The molecule has 0 saturated carbocycles. The Morgan fingerprint density at radius 2 is 1.63 bits per heavy atom. The number of phenolic OH excluding ortho intramolecular Hbond substituents is 1. The van der Waals surface area contributed by atoms with E-state index in [-0.39, 0.29) is 29.4 Å². The Kier molecular flexibility index (Phi) is 5.09. The van der Waals surface area contributed by atoms with Crippen LogP contribution in [0, 0.1) is 11.7 Å². The number of piperidine rings is 1. The lowest BCUT2D eigenvalue weighted by Gasteiger charge is -2.34. The topological polar surface area (TPSA) is 64.6 Å². The Balaban J connectivity index is 1.39. The van der Waals surface area contributed by atoms with Gasteiger partial charge in [-0.25, -0.2) is 9.82 Å². The lowest BCUT2D eigenvalue weighted by atomic mass is 9.88. The SMILES string of the molecule is O=C(C1CNNC1c1ccc(F)cc1)N1CCC(c2ccc(O)cc2)CC1. The molecule has 2 atom stereocenters. The molecular formula is C21H24FN3O2. The third kappa shape index (κ3) is 3.82. The van der Waals surface area contributed by atoms with Gasteiger partial charge >= 0.3 is 0 Å². The van der Waals surface area contributed by atoms with Crippen molar-refractivity contribution in [1.29, 1.82) is 0 Å². The van der Waals surface area contributed by atoms with Gasteiger partial charge in [0.15, 0.2) is 0 Å². The molecule has 0 spiro atoms. The molecule has 0 aliphatic carbocycles. The predicted molar refractivity (Wildman–Crippen MR) is 100 cm³/mol. The van der Waals surface area contributed by atoms with Gasteiger partial charge in [-0.05, 0) is 54.2 Å². The number of nitrogens with zero attached hydrogens (tertiary/aromatic N) is 1. The zero-order chi connectivity index (χ0) is 18.8. The highest BCUT2D eigenvalue weighted by molar-refractivity contribution is 5.80. The quantitative estimate of drug-likeness (QED) is 0.778. The Labute approximate surface area is 158 Å². The molecule has 2 aliphatic rings. The second-order valence-corrected chi connectivity index (χ2v) is 7.35. The number of amides is 1. The van der Waals surface area contributed by atoms with E-state index in [0.29, 0.717) is 12.5 Å². The van der Waals surface area contributed by atoms with Crippen molar-refractivity contribution in [3.05, 3.63) is 65.5 Å². The van der Waals surface area contributed by atoms with Gasteiger partial charge in [-0.15, -0.1) is 0 Å². The first-order valence-electron chi connectivity index (χ1n) is 9.43. The standard InChI is InChI=1S/C21H24FN3O2/c22-17-5-1-16(2-6-17)20-19(13-23-24-20)21(27)25-11-9-15(10-12-25)14-3-7-18(26)8-4-14/h1-8,15,19-20,23-24,26H,9-13H2. The van der Waals surface area contributed by atoms with E-state index >= 15 is 0 Å². The first-order valence-corrected chi connectivity index (χ1v) is 9.43. The lowest BCUT2D eigenvalue weighted by Crippen LogP contribution is -2.43. The van der Waals surface area contributed by atoms with Gasteiger partial charge in [-0.3, -0.25) is 10.2 Å². The van der Waals surface area contributed by atoms with Crippen molar-refractivity contribution in [3.63, 3.8) is 0 Å². The summed E-state index contributed by atoms with van der Waals surface area (Å²) in [5.41, 5.74) is 8.37. The Bertz CT molecular complexity index is 786. The summed E-state index contributed by atoms with van der Waals surface area (Å²) in [5.74, 6) is 0.373. The van der Waals surface area contributed by atoms with E-state index < -0.39 is 0 Å². The van der Waals surface area contributed by atoms with Crippen LogP contribution in [0.4, 0.5) is 4.39 Å². The Hall–Kier alpha value is -2.44. The van der Waals surface area contributed by atoms with Crippen molar-refractivity contribution in [2.75, 3.05) is 19.6 Å². The molecular weight excluding hydrogens is 345 g/mol. The molecule has 2 aromatic rings. The van der Waals surface area contributed by atoms with Crippen LogP contribution in [0.2, 0.25) is 0 Å². The smallest absolute Gasteiger partial charge is 0.229 e. The molecule has 0 aromatic heterocycles. The molecule has 0 bridgehead atoms. The van der Waals surface area contributed by atoms with Crippen LogP contribution in [0.3, 0.4) is 0 Å². The summed E-state index contributed by atoms with van der Waals surface area (Å²) in [6, 6.07) is 13.5. The normalized spacial score (nSPS) is 23.5. The summed E-state index contributed by atoms with van der Waals surface area (Å²) >= 11 is 0. The number of hydrogen-bond donors (Lipinski definition) is 3. The van der Waals surface area contributed by atoms with Crippen LogP contribution in [0.25, 0.3) is 0 Å². The number of carbonyl (C=O) groups is 1. The summed E-state index contributed by atoms with van der Waals surface area (Å²) < 4.78 is 13.2. The fourth-order valence-electron chi connectivity index (χ4n) is 4.13. The van der Waals surface area contributed by atoms with E-state index in [0.717, 1.165) is 31.5 Å². The zero-order valence-electron chi connectivity index (χ0n) is 15.1. The van der Waals surface area contributed by atoms with Crippen LogP contribution < -0.4 is 10.9 Å². The molecule has 3 N–H and O–H groups in total. The fraction of sp³-hybridized carbons (Fsp3) is 0.381. The first-order chi connectivity index (χ1) is 13.1. The highest BCUT2D eigenvalue weighted by Gasteiger charge is 2.37. The Morgan fingerprint density at radius 1 is 1.00 bits per heavy atom. The van der Waals surface area contributed by atoms with Gasteiger partial charge in [0.25, 0.3) is 0 Å². The summed E-state index contributed by atoms with van der Waals surface area (Å²) in [7, 11) is 0. The zero-order valence-corrected chi connectivity index (χ0v) is 15.1. The molecule has 2 heterocycles. The molecule has 142 valence electrons. The van der Waals surface area contributed by atoms with Crippen LogP contribution in [0.1, 0.15) is 35.9 Å².